The van der Waals surface area contributed by atoms with Crippen LogP contribution in [0.25, 0.3) is 0 Å². The third-order valence-corrected chi connectivity index (χ3v) is 4.80. The van der Waals surface area contributed by atoms with Crippen LogP contribution in [0, 0.1) is 5.82 Å². The molecule has 2 N–H and O–H groups in total. The van der Waals surface area contributed by atoms with Crippen molar-refractivity contribution in [2.75, 3.05) is 37.6 Å². The maximum absolute atomic E-state index is 13.8. The van der Waals surface area contributed by atoms with E-state index in [9.17, 15) is 4.39 Å². The van der Waals surface area contributed by atoms with Crippen molar-refractivity contribution in [1.82, 2.24) is 4.90 Å². The van der Waals surface area contributed by atoms with Crippen molar-refractivity contribution in [1.29, 1.82) is 0 Å². The average Bonchev–Trinajstić information content (AvgIpc) is 3.04. The Morgan fingerprint density at radius 1 is 1.14 bits per heavy atom. The van der Waals surface area contributed by atoms with E-state index in [0.717, 1.165) is 26.2 Å². The number of nitrogens with two attached hydrogens (primary N) is 1. The summed E-state index contributed by atoms with van der Waals surface area (Å²) in [5.74, 6) is -0.140. The molecule has 5 heteroatoms. The lowest BCUT2D eigenvalue weighted by Gasteiger charge is -2.39. The highest BCUT2D eigenvalue weighted by atomic mass is 32.1. The standard InChI is InChI=1S/C16H20FN3S/c17-14-3-1-2-4-15(14)19-6-8-20(9-7-19)16(11-18)13-5-10-21-12-13/h1-5,10,12,16H,6-9,11,18H2. The molecule has 0 spiro atoms. The van der Waals surface area contributed by atoms with Gasteiger partial charge in [0.05, 0.1) is 5.69 Å². The molecule has 1 aliphatic rings. The van der Waals surface area contributed by atoms with Crippen LogP contribution < -0.4 is 10.6 Å². The molecule has 1 fully saturated rings. The summed E-state index contributed by atoms with van der Waals surface area (Å²) in [6.45, 7) is 4.11. The number of benzene rings is 1. The lowest BCUT2D eigenvalue weighted by atomic mass is 10.1. The summed E-state index contributed by atoms with van der Waals surface area (Å²) in [5, 5.41) is 4.26. The Kier molecular flexibility index (Phi) is 4.53. The maximum Gasteiger partial charge on any atom is 0.146 e. The first-order chi connectivity index (χ1) is 10.3. The van der Waals surface area contributed by atoms with Gasteiger partial charge in [-0.1, -0.05) is 12.1 Å². The van der Waals surface area contributed by atoms with Crippen LogP contribution in [0.15, 0.2) is 41.1 Å². The number of thiophene rings is 1. The van der Waals surface area contributed by atoms with Gasteiger partial charge in [-0.05, 0) is 34.5 Å². The SMILES string of the molecule is NCC(c1ccsc1)N1CCN(c2ccccc2F)CC1. The van der Waals surface area contributed by atoms with E-state index in [4.69, 9.17) is 5.73 Å². The smallest absolute Gasteiger partial charge is 0.146 e. The third-order valence-electron chi connectivity index (χ3n) is 4.10. The minimum Gasteiger partial charge on any atom is -0.367 e. The minimum atomic E-state index is -0.140. The first kappa shape index (κ1) is 14.5. The Balaban J connectivity index is 1.66. The molecule has 3 rings (SSSR count). The molecule has 1 saturated heterocycles. The van der Waals surface area contributed by atoms with Crippen LogP contribution in [-0.4, -0.2) is 37.6 Å². The predicted octanol–water partition coefficient (Wildman–Crippen LogP) is 2.71. The number of hydrogen-bond acceptors (Lipinski definition) is 4. The van der Waals surface area contributed by atoms with E-state index in [0.29, 0.717) is 12.2 Å². The molecule has 0 bridgehead atoms. The Morgan fingerprint density at radius 3 is 2.52 bits per heavy atom. The van der Waals surface area contributed by atoms with Crippen molar-refractivity contribution in [3.8, 4) is 0 Å². The zero-order valence-electron chi connectivity index (χ0n) is 11.9. The van der Waals surface area contributed by atoms with Gasteiger partial charge in [0.15, 0.2) is 0 Å². The second-order valence-electron chi connectivity index (χ2n) is 5.28. The van der Waals surface area contributed by atoms with E-state index in [2.05, 4.69) is 26.6 Å². The topological polar surface area (TPSA) is 32.5 Å². The number of para-hydroxylation sites is 1. The van der Waals surface area contributed by atoms with Crippen LogP contribution in [0.1, 0.15) is 11.6 Å². The van der Waals surface area contributed by atoms with Gasteiger partial charge in [-0.3, -0.25) is 4.90 Å². The molecule has 0 saturated carbocycles. The minimum absolute atomic E-state index is 0.140. The fraction of sp³-hybridized carbons (Fsp3) is 0.375. The summed E-state index contributed by atoms with van der Waals surface area (Å²) in [5.41, 5.74) is 7.95. The van der Waals surface area contributed by atoms with Crippen molar-refractivity contribution >= 4 is 17.0 Å². The molecule has 1 aliphatic heterocycles. The number of rotatable bonds is 4. The molecule has 0 aliphatic carbocycles. The highest BCUT2D eigenvalue weighted by Gasteiger charge is 2.25. The molecule has 21 heavy (non-hydrogen) atoms. The van der Waals surface area contributed by atoms with Crippen molar-refractivity contribution in [2.45, 2.75) is 6.04 Å². The van der Waals surface area contributed by atoms with Crippen LogP contribution in [0.3, 0.4) is 0 Å². The number of anilines is 1. The monoisotopic (exact) mass is 305 g/mol. The quantitative estimate of drug-likeness (QED) is 0.942. The summed E-state index contributed by atoms with van der Waals surface area (Å²) in [6, 6.07) is 9.42. The van der Waals surface area contributed by atoms with Crippen LogP contribution in [0.4, 0.5) is 10.1 Å². The summed E-state index contributed by atoms with van der Waals surface area (Å²) in [6.07, 6.45) is 0. The summed E-state index contributed by atoms with van der Waals surface area (Å²) >= 11 is 1.70. The first-order valence-electron chi connectivity index (χ1n) is 7.25. The van der Waals surface area contributed by atoms with Gasteiger partial charge in [0.1, 0.15) is 5.82 Å². The molecule has 2 aromatic rings. The molecular weight excluding hydrogens is 285 g/mol. The average molecular weight is 305 g/mol. The van der Waals surface area contributed by atoms with E-state index >= 15 is 0 Å². The second kappa shape index (κ2) is 6.56. The Bertz CT molecular complexity index is 565. The van der Waals surface area contributed by atoms with Gasteiger partial charge in [0, 0.05) is 38.8 Å². The van der Waals surface area contributed by atoms with E-state index in [1.165, 1.54) is 11.6 Å². The van der Waals surface area contributed by atoms with Gasteiger partial charge in [0.2, 0.25) is 0 Å². The lowest BCUT2D eigenvalue weighted by Crippen LogP contribution is -2.49. The van der Waals surface area contributed by atoms with Crippen LogP contribution >= 0.6 is 11.3 Å². The van der Waals surface area contributed by atoms with Crippen LogP contribution in [-0.2, 0) is 0 Å². The highest BCUT2D eigenvalue weighted by molar-refractivity contribution is 7.07. The van der Waals surface area contributed by atoms with E-state index in [1.54, 1.807) is 17.4 Å². The van der Waals surface area contributed by atoms with Gasteiger partial charge in [-0.25, -0.2) is 4.39 Å². The lowest BCUT2D eigenvalue weighted by molar-refractivity contribution is 0.190. The van der Waals surface area contributed by atoms with Gasteiger partial charge in [-0.15, -0.1) is 0 Å². The van der Waals surface area contributed by atoms with Crippen molar-refractivity contribution in [3.63, 3.8) is 0 Å². The largest absolute Gasteiger partial charge is 0.367 e. The number of hydrogen-bond donors (Lipinski definition) is 1. The molecule has 1 aromatic heterocycles. The number of nitrogens with zero attached hydrogens (tertiary/aromatic N) is 2. The molecule has 0 radical (unpaired) electrons. The molecule has 1 atom stereocenters. The van der Waals surface area contributed by atoms with Crippen molar-refractivity contribution in [3.05, 3.63) is 52.5 Å². The zero-order valence-corrected chi connectivity index (χ0v) is 12.7. The predicted molar refractivity (Wildman–Crippen MR) is 86.3 cm³/mol. The van der Waals surface area contributed by atoms with Crippen molar-refractivity contribution < 1.29 is 4.39 Å². The summed E-state index contributed by atoms with van der Waals surface area (Å²) < 4.78 is 13.8. The fourth-order valence-corrected chi connectivity index (χ4v) is 3.65. The molecule has 0 amide bonds. The highest BCUT2D eigenvalue weighted by Crippen LogP contribution is 2.26. The summed E-state index contributed by atoms with van der Waals surface area (Å²) in [4.78, 5) is 4.52. The van der Waals surface area contributed by atoms with E-state index in [1.807, 2.05) is 12.1 Å². The molecule has 112 valence electrons. The third kappa shape index (κ3) is 3.10. The molecule has 1 aromatic carbocycles. The van der Waals surface area contributed by atoms with Gasteiger partial charge >= 0.3 is 0 Å². The van der Waals surface area contributed by atoms with Crippen LogP contribution in [0.5, 0.6) is 0 Å². The van der Waals surface area contributed by atoms with E-state index in [-0.39, 0.29) is 11.9 Å². The van der Waals surface area contributed by atoms with Gasteiger partial charge in [-0.2, -0.15) is 11.3 Å². The van der Waals surface area contributed by atoms with Gasteiger partial charge < -0.3 is 10.6 Å². The number of piperazine rings is 1. The molecule has 3 nitrogen and oxygen atoms in total. The Hall–Kier alpha value is -1.43. The van der Waals surface area contributed by atoms with Gasteiger partial charge in [0.25, 0.3) is 0 Å². The zero-order chi connectivity index (χ0) is 14.7. The second-order valence-corrected chi connectivity index (χ2v) is 6.06. The fourth-order valence-electron chi connectivity index (χ4n) is 2.94. The first-order valence-corrected chi connectivity index (χ1v) is 8.19. The van der Waals surface area contributed by atoms with Crippen LogP contribution in [0.2, 0.25) is 0 Å². The molecular formula is C16H20FN3S. The maximum atomic E-state index is 13.8. The Labute approximate surface area is 128 Å². The molecule has 1 unspecified atom stereocenters. The summed E-state index contributed by atoms with van der Waals surface area (Å²) in [7, 11) is 0. The Morgan fingerprint density at radius 2 is 1.90 bits per heavy atom. The van der Waals surface area contributed by atoms with Crippen molar-refractivity contribution in [2.24, 2.45) is 5.73 Å². The molecule has 2 heterocycles. The van der Waals surface area contributed by atoms with E-state index < -0.39 is 0 Å². The normalized spacial score (nSPS) is 17.9. The number of halogens is 1.